The Bertz CT molecular complexity index is 503. The summed E-state index contributed by atoms with van der Waals surface area (Å²) in [4.78, 5) is 4.66. The van der Waals surface area contributed by atoms with Crippen LogP contribution in [0, 0.1) is 0 Å². The minimum Gasteiger partial charge on any atom is -0.381 e. The summed E-state index contributed by atoms with van der Waals surface area (Å²) in [5.41, 5.74) is 2.21. The lowest BCUT2D eigenvalue weighted by Gasteiger charge is -2.19. The van der Waals surface area contributed by atoms with Crippen LogP contribution in [-0.4, -0.2) is 22.6 Å². The first kappa shape index (κ1) is 10.3. The topological polar surface area (TPSA) is 26.5 Å². The fourth-order valence-corrected chi connectivity index (χ4v) is 2.53. The molecule has 0 saturated carbocycles. The standard InChI is InChI=1S/C12H13BrN2O/c13-10-1-2-12-14-11(8-15(12)7-10)9-3-5-16-6-4-9/h1-2,7-9H,3-6H2. The van der Waals surface area contributed by atoms with E-state index < -0.39 is 0 Å². The molecule has 3 nitrogen and oxygen atoms in total. The minimum atomic E-state index is 0.562. The van der Waals surface area contributed by atoms with Gasteiger partial charge in [-0.05, 0) is 40.9 Å². The summed E-state index contributed by atoms with van der Waals surface area (Å²) in [5.74, 6) is 0.562. The molecule has 0 spiro atoms. The first-order chi connectivity index (χ1) is 7.83. The fraction of sp³-hybridized carbons (Fsp3) is 0.417. The molecule has 1 aliphatic heterocycles. The Kier molecular flexibility index (Phi) is 2.69. The van der Waals surface area contributed by atoms with E-state index in [0.717, 1.165) is 36.2 Å². The summed E-state index contributed by atoms with van der Waals surface area (Å²) in [5, 5.41) is 0. The summed E-state index contributed by atoms with van der Waals surface area (Å²) in [6.45, 7) is 1.73. The molecule has 0 aliphatic carbocycles. The van der Waals surface area contributed by atoms with Crippen LogP contribution in [0.25, 0.3) is 5.65 Å². The third-order valence-electron chi connectivity index (χ3n) is 3.07. The number of nitrogens with zero attached hydrogens (tertiary/aromatic N) is 2. The van der Waals surface area contributed by atoms with Crippen LogP contribution in [-0.2, 0) is 4.74 Å². The highest BCUT2D eigenvalue weighted by molar-refractivity contribution is 9.10. The van der Waals surface area contributed by atoms with Crippen LogP contribution in [0.4, 0.5) is 0 Å². The highest BCUT2D eigenvalue weighted by atomic mass is 79.9. The summed E-state index contributed by atoms with van der Waals surface area (Å²) >= 11 is 3.47. The fourth-order valence-electron chi connectivity index (χ4n) is 2.17. The van der Waals surface area contributed by atoms with Gasteiger partial charge in [0.15, 0.2) is 0 Å². The van der Waals surface area contributed by atoms with Crippen molar-refractivity contribution in [2.24, 2.45) is 0 Å². The van der Waals surface area contributed by atoms with E-state index in [2.05, 4.69) is 31.5 Å². The van der Waals surface area contributed by atoms with Gasteiger partial charge in [0.1, 0.15) is 5.65 Å². The number of halogens is 1. The molecule has 1 aliphatic rings. The molecular formula is C12H13BrN2O. The maximum atomic E-state index is 5.37. The highest BCUT2D eigenvalue weighted by Crippen LogP contribution is 2.26. The average molecular weight is 281 g/mol. The molecule has 4 heteroatoms. The van der Waals surface area contributed by atoms with Crippen LogP contribution in [0.3, 0.4) is 0 Å². The molecule has 1 fully saturated rings. The van der Waals surface area contributed by atoms with Gasteiger partial charge < -0.3 is 9.14 Å². The maximum Gasteiger partial charge on any atom is 0.137 e. The second-order valence-corrected chi connectivity index (χ2v) is 5.08. The van der Waals surface area contributed by atoms with Crippen LogP contribution in [0.5, 0.6) is 0 Å². The molecule has 2 aromatic rings. The normalized spacial score (nSPS) is 18.1. The van der Waals surface area contributed by atoms with Crippen LogP contribution in [0.15, 0.2) is 29.0 Å². The van der Waals surface area contributed by atoms with Crippen molar-refractivity contribution in [3.05, 3.63) is 34.7 Å². The molecule has 0 bridgehead atoms. The molecule has 1 saturated heterocycles. The van der Waals surface area contributed by atoms with Gasteiger partial charge in [0.2, 0.25) is 0 Å². The van der Waals surface area contributed by atoms with E-state index in [9.17, 15) is 0 Å². The monoisotopic (exact) mass is 280 g/mol. The smallest absolute Gasteiger partial charge is 0.137 e. The number of hydrogen-bond acceptors (Lipinski definition) is 2. The number of aromatic nitrogens is 2. The van der Waals surface area contributed by atoms with E-state index in [4.69, 9.17) is 4.74 Å². The number of rotatable bonds is 1. The number of imidazole rings is 1. The summed E-state index contributed by atoms with van der Waals surface area (Å²) in [6.07, 6.45) is 6.36. The molecule has 0 aromatic carbocycles. The lowest BCUT2D eigenvalue weighted by molar-refractivity contribution is 0.0846. The Morgan fingerprint density at radius 3 is 2.88 bits per heavy atom. The Labute approximate surface area is 103 Å². The Morgan fingerprint density at radius 1 is 1.25 bits per heavy atom. The molecule has 0 radical (unpaired) electrons. The molecule has 3 heterocycles. The van der Waals surface area contributed by atoms with Gasteiger partial charge in [-0.15, -0.1) is 0 Å². The van der Waals surface area contributed by atoms with Crippen molar-refractivity contribution in [3.63, 3.8) is 0 Å². The molecular weight excluding hydrogens is 268 g/mol. The zero-order chi connectivity index (χ0) is 11.0. The first-order valence-electron chi connectivity index (χ1n) is 5.55. The lowest BCUT2D eigenvalue weighted by atomic mass is 9.97. The summed E-state index contributed by atoms with van der Waals surface area (Å²) in [7, 11) is 0. The Morgan fingerprint density at radius 2 is 2.06 bits per heavy atom. The van der Waals surface area contributed by atoms with E-state index in [1.807, 2.05) is 18.3 Å². The molecule has 16 heavy (non-hydrogen) atoms. The van der Waals surface area contributed by atoms with Gasteiger partial charge in [-0.1, -0.05) is 0 Å². The Balaban J connectivity index is 1.97. The van der Waals surface area contributed by atoms with E-state index in [0.29, 0.717) is 5.92 Å². The third-order valence-corrected chi connectivity index (χ3v) is 3.54. The first-order valence-corrected chi connectivity index (χ1v) is 6.34. The predicted octanol–water partition coefficient (Wildman–Crippen LogP) is 2.99. The number of fused-ring (bicyclic) bond motifs is 1. The number of pyridine rings is 1. The van der Waals surface area contributed by atoms with Crippen LogP contribution in [0.1, 0.15) is 24.5 Å². The quantitative estimate of drug-likeness (QED) is 0.803. The SMILES string of the molecule is Brc1ccc2nc(C3CCOCC3)cn2c1. The molecule has 0 atom stereocenters. The number of hydrogen-bond donors (Lipinski definition) is 0. The second-order valence-electron chi connectivity index (χ2n) is 4.17. The predicted molar refractivity (Wildman–Crippen MR) is 65.7 cm³/mol. The van der Waals surface area contributed by atoms with E-state index in [1.54, 1.807) is 0 Å². The molecule has 0 N–H and O–H groups in total. The Hall–Kier alpha value is -0.870. The van der Waals surface area contributed by atoms with Gasteiger partial charge >= 0.3 is 0 Å². The van der Waals surface area contributed by atoms with Gasteiger partial charge in [0, 0.05) is 36.0 Å². The van der Waals surface area contributed by atoms with Gasteiger partial charge in [-0.25, -0.2) is 4.98 Å². The van der Waals surface area contributed by atoms with Gasteiger partial charge in [-0.2, -0.15) is 0 Å². The summed E-state index contributed by atoms with van der Waals surface area (Å²) in [6, 6.07) is 4.06. The highest BCUT2D eigenvalue weighted by Gasteiger charge is 2.18. The zero-order valence-electron chi connectivity index (χ0n) is 8.90. The largest absolute Gasteiger partial charge is 0.381 e. The molecule has 0 amide bonds. The molecule has 3 rings (SSSR count). The van der Waals surface area contributed by atoms with E-state index in [-0.39, 0.29) is 0 Å². The maximum absolute atomic E-state index is 5.37. The van der Waals surface area contributed by atoms with Crippen LogP contribution in [0.2, 0.25) is 0 Å². The van der Waals surface area contributed by atoms with Gasteiger partial charge in [0.25, 0.3) is 0 Å². The molecule has 2 aromatic heterocycles. The van der Waals surface area contributed by atoms with Crippen molar-refractivity contribution in [3.8, 4) is 0 Å². The second kappa shape index (κ2) is 4.18. The van der Waals surface area contributed by atoms with Crippen molar-refractivity contribution < 1.29 is 4.74 Å². The van der Waals surface area contributed by atoms with Crippen molar-refractivity contribution in [1.29, 1.82) is 0 Å². The summed E-state index contributed by atoms with van der Waals surface area (Å²) < 4.78 is 8.53. The van der Waals surface area contributed by atoms with Crippen molar-refractivity contribution in [2.45, 2.75) is 18.8 Å². The third kappa shape index (κ3) is 1.87. The minimum absolute atomic E-state index is 0.562. The average Bonchev–Trinajstić information content (AvgIpc) is 2.73. The van der Waals surface area contributed by atoms with Crippen molar-refractivity contribution in [1.82, 2.24) is 9.38 Å². The molecule has 84 valence electrons. The molecule has 0 unspecified atom stereocenters. The van der Waals surface area contributed by atoms with Gasteiger partial charge in [-0.3, -0.25) is 0 Å². The lowest BCUT2D eigenvalue weighted by Crippen LogP contribution is -2.14. The van der Waals surface area contributed by atoms with Gasteiger partial charge in [0.05, 0.1) is 5.69 Å². The van der Waals surface area contributed by atoms with Crippen molar-refractivity contribution in [2.75, 3.05) is 13.2 Å². The van der Waals surface area contributed by atoms with Crippen LogP contribution < -0.4 is 0 Å². The van der Waals surface area contributed by atoms with E-state index >= 15 is 0 Å². The van der Waals surface area contributed by atoms with Crippen molar-refractivity contribution >= 4 is 21.6 Å². The van der Waals surface area contributed by atoms with E-state index in [1.165, 1.54) is 5.69 Å². The van der Waals surface area contributed by atoms with Crippen LogP contribution >= 0.6 is 15.9 Å². The zero-order valence-corrected chi connectivity index (χ0v) is 10.5. The number of ether oxygens (including phenoxy) is 1.